The minimum absolute atomic E-state index is 0.0694. The molecule has 0 aliphatic heterocycles. The Morgan fingerprint density at radius 2 is 2.06 bits per heavy atom. The maximum Gasteiger partial charge on any atom is 0.321 e. The van der Waals surface area contributed by atoms with Crippen LogP contribution in [0.25, 0.3) is 0 Å². The van der Waals surface area contributed by atoms with Crippen LogP contribution in [0.4, 0.5) is 16.2 Å². The van der Waals surface area contributed by atoms with E-state index < -0.39 is 0 Å². The molecule has 0 atom stereocenters. The number of hydrogen-bond acceptors (Lipinski definition) is 3. The number of rotatable bonds is 4. The van der Waals surface area contributed by atoms with E-state index in [9.17, 15) is 4.79 Å². The molecule has 6 heteroatoms. The van der Waals surface area contributed by atoms with Crippen molar-refractivity contribution in [3.05, 3.63) is 23.2 Å². The zero-order valence-electron chi connectivity index (χ0n) is 10.8. The largest absolute Gasteiger partial charge is 0.395 e. The Morgan fingerprint density at radius 3 is 2.61 bits per heavy atom. The summed E-state index contributed by atoms with van der Waals surface area (Å²) in [4.78, 5) is 15.1. The highest BCUT2D eigenvalue weighted by Gasteiger charge is 2.13. The Labute approximate surface area is 112 Å². The fraction of sp³-hybridized carbons (Fsp3) is 0.417. The number of benzene rings is 1. The molecule has 0 fully saturated rings. The van der Waals surface area contributed by atoms with Gasteiger partial charge in [0.15, 0.2) is 0 Å². The Bertz CT molecular complexity index is 424. The first-order valence-electron chi connectivity index (χ1n) is 5.56. The molecule has 0 unspecified atom stereocenters. The van der Waals surface area contributed by atoms with Crippen molar-refractivity contribution in [3.63, 3.8) is 0 Å². The highest BCUT2D eigenvalue weighted by Crippen LogP contribution is 2.32. The van der Waals surface area contributed by atoms with Crippen LogP contribution >= 0.6 is 11.6 Å². The van der Waals surface area contributed by atoms with Gasteiger partial charge in [0.1, 0.15) is 0 Å². The highest BCUT2D eigenvalue weighted by molar-refractivity contribution is 6.34. The quantitative estimate of drug-likeness (QED) is 0.879. The fourth-order valence-electron chi connectivity index (χ4n) is 1.53. The number of nitrogens with zero attached hydrogens (tertiary/aromatic N) is 2. The van der Waals surface area contributed by atoms with E-state index in [2.05, 4.69) is 5.32 Å². The van der Waals surface area contributed by atoms with Crippen LogP contribution in [-0.4, -0.2) is 50.3 Å². The van der Waals surface area contributed by atoms with Crippen molar-refractivity contribution in [2.45, 2.75) is 0 Å². The van der Waals surface area contributed by atoms with Gasteiger partial charge in [-0.2, -0.15) is 0 Å². The third-order valence-corrected chi connectivity index (χ3v) is 2.76. The van der Waals surface area contributed by atoms with E-state index in [-0.39, 0.29) is 19.2 Å². The van der Waals surface area contributed by atoms with Gasteiger partial charge >= 0.3 is 6.03 Å². The number of para-hydroxylation sites is 1. The minimum atomic E-state index is -0.283. The van der Waals surface area contributed by atoms with Crippen molar-refractivity contribution >= 4 is 29.0 Å². The van der Waals surface area contributed by atoms with Crippen LogP contribution in [0.1, 0.15) is 0 Å². The van der Waals surface area contributed by atoms with E-state index in [1.165, 1.54) is 4.90 Å². The van der Waals surface area contributed by atoms with Gasteiger partial charge in [-0.3, -0.25) is 0 Å². The number of urea groups is 1. The average molecular weight is 272 g/mol. The average Bonchev–Trinajstić information content (AvgIpc) is 2.28. The van der Waals surface area contributed by atoms with Crippen molar-refractivity contribution in [1.29, 1.82) is 0 Å². The normalized spacial score (nSPS) is 10.1. The summed E-state index contributed by atoms with van der Waals surface area (Å²) in [6, 6.07) is 5.04. The molecule has 0 saturated carbocycles. The highest BCUT2D eigenvalue weighted by atomic mass is 35.5. The molecule has 0 aromatic heterocycles. The number of halogens is 1. The molecule has 2 N–H and O–H groups in total. The third-order valence-electron chi connectivity index (χ3n) is 2.46. The Balaban J connectivity index is 2.91. The van der Waals surface area contributed by atoms with Crippen LogP contribution in [0.2, 0.25) is 5.02 Å². The van der Waals surface area contributed by atoms with Gasteiger partial charge in [0.05, 0.1) is 23.0 Å². The van der Waals surface area contributed by atoms with E-state index in [1.807, 2.05) is 19.0 Å². The molecular weight excluding hydrogens is 254 g/mol. The summed E-state index contributed by atoms with van der Waals surface area (Å²) >= 11 is 6.10. The second kappa shape index (κ2) is 6.47. The smallest absolute Gasteiger partial charge is 0.321 e. The van der Waals surface area contributed by atoms with Crippen molar-refractivity contribution in [2.24, 2.45) is 0 Å². The van der Waals surface area contributed by atoms with Gasteiger partial charge in [0.25, 0.3) is 0 Å². The van der Waals surface area contributed by atoms with Gasteiger partial charge in [0, 0.05) is 27.7 Å². The minimum Gasteiger partial charge on any atom is -0.395 e. The van der Waals surface area contributed by atoms with Crippen LogP contribution in [-0.2, 0) is 0 Å². The summed E-state index contributed by atoms with van der Waals surface area (Å²) in [6.45, 7) is 0.212. The monoisotopic (exact) mass is 271 g/mol. The van der Waals surface area contributed by atoms with Crippen LogP contribution in [0, 0.1) is 0 Å². The summed E-state index contributed by atoms with van der Waals surface area (Å²) in [5.41, 5.74) is 1.40. The molecule has 5 nitrogen and oxygen atoms in total. The molecule has 100 valence electrons. The number of carbonyl (C=O) groups excluding carboxylic acids is 1. The topological polar surface area (TPSA) is 55.8 Å². The lowest BCUT2D eigenvalue weighted by molar-refractivity contribution is 0.202. The third kappa shape index (κ3) is 3.51. The van der Waals surface area contributed by atoms with Crippen molar-refractivity contribution in [2.75, 3.05) is 44.5 Å². The Hall–Kier alpha value is -1.46. The molecule has 18 heavy (non-hydrogen) atoms. The molecular formula is C12H18ClN3O2. The van der Waals surface area contributed by atoms with E-state index in [0.717, 1.165) is 5.69 Å². The van der Waals surface area contributed by atoms with Crippen LogP contribution < -0.4 is 10.2 Å². The van der Waals surface area contributed by atoms with E-state index in [1.54, 1.807) is 25.2 Å². The maximum absolute atomic E-state index is 11.8. The standard InChI is InChI=1S/C12H18ClN3O2/c1-15(2)11-9(13)5-4-6-10(11)14-12(18)16(3)7-8-17/h4-6,17H,7-8H2,1-3H3,(H,14,18). The van der Waals surface area contributed by atoms with E-state index in [0.29, 0.717) is 10.7 Å². The van der Waals surface area contributed by atoms with E-state index in [4.69, 9.17) is 16.7 Å². The molecule has 0 bridgehead atoms. The van der Waals surface area contributed by atoms with Crippen molar-refractivity contribution < 1.29 is 9.90 Å². The number of aliphatic hydroxyl groups excluding tert-OH is 1. The Kier molecular flexibility index (Phi) is 5.25. The molecule has 0 aliphatic rings. The molecule has 0 heterocycles. The molecule has 1 aromatic rings. The molecule has 1 rings (SSSR count). The lowest BCUT2D eigenvalue weighted by Crippen LogP contribution is -2.33. The predicted octanol–water partition coefficient (Wildman–Crippen LogP) is 1.86. The summed E-state index contributed by atoms with van der Waals surface area (Å²) < 4.78 is 0. The van der Waals surface area contributed by atoms with Crippen molar-refractivity contribution in [1.82, 2.24) is 4.90 Å². The van der Waals surface area contributed by atoms with Gasteiger partial charge < -0.3 is 20.2 Å². The first kappa shape index (κ1) is 14.6. The van der Waals surface area contributed by atoms with Crippen LogP contribution in [0.5, 0.6) is 0 Å². The molecule has 0 radical (unpaired) electrons. The first-order chi connectivity index (χ1) is 8.47. The summed E-state index contributed by atoms with van der Waals surface area (Å²) in [5, 5.41) is 12.1. The van der Waals surface area contributed by atoms with Crippen molar-refractivity contribution in [3.8, 4) is 0 Å². The maximum atomic E-state index is 11.8. The molecule has 2 amide bonds. The summed E-state index contributed by atoms with van der Waals surface area (Å²) in [7, 11) is 5.33. The number of hydrogen-bond donors (Lipinski definition) is 2. The van der Waals surface area contributed by atoms with E-state index >= 15 is 0 Å². The molecule has 1 aromatic carbocycles. The molecule has 0 spiro atoms. The fourth-order valence-corrected chi connectivity index (χ4v) is 1.88. The number of amides is 2. The number of aliphatic hydroxyl groups is 1. The predicted molar refractivity (Wildman–Crippen MR) is 74.5 cm³/mol. The zero-order chi connectivity index (χ0) is 13.7. The van der Waals surface area contributed by atoms with Gasteiger partial charge in [0.2, 0.25) is 0 Å². The summed E-state index contributed by atoms with van der Waals surface area (Å²) in [5.74, 6) is 0. The number of carbonyl (C=O) groups is 1. The lowest BCUT2D eigenvalue weighted by Gasteiger charge is -2.22. The second-order valence-corrected chi connectivity index (χ2v) is 4.51. The van der Waals surface area contributed by atoms with Gasteiger partial charge in [-0.1, -0.05) is 17.7 Å². The van der Waals surface area contributed by atoms with Gasteiger partial charge in [-0.05, 0) is 12.1 Å². The van der Waals surface area contributed by atoms with Crippen LogP contribution in [0.3, 0.4) is 0 Å². The summed E-state index contributed by atoms with van der Waals surface area (Å²) in [6.07, 6.45) is 0. The second-order valence-electron chi connectivity index (χ2n) is 4.11. The van der Waals surface area contributed by atoms with Crippen LogP contribution in [0.15, 0.2) is 18.2 Å². The number of likely N-dealkylation sites (N-methyl/N-ethyl adjacent to an activating group) is 1. The lowest BCUT2D eigenvalue weighted by atomic mass is 10.2. The Morgan fingerprint density at radius 1 is 1.39 bits per heavy atom. The zero-order valence-corrected chi connectivity index (χ0v) is 11.5. The van der Waals surface area contributed by atoms with Gasteiger partial charge in [-0.15, -0.1) is 0 Å². The van der Waals surface area contributed by atoms with Gasteiger partial charge in [-0.25, -0.2) is 4.79 Å². The number of nitrogens with one attached hydrogen (secondary N) is 1. The SMILES string of the molecule is CN(CCO)C(=O)Nc1cccc(Cl)c1N(C)C. The molecule has 0 aliphatic carbocycles. The number of anilines is 2. The molecule has 0 saturated heterocycles. The first-order valence-corrected chi connectivity index (χ1v) is 5.94.